The first kappa shape index (κ1) is 14.6. The van der Waals surface area contributed by atoms with Crippen molar-refractivity contribution in [1.82, 2.24) is 4.98 Å². The van der Waals surface area contributed by atoms with Crippen LogP contribution in [0.3, 0.4) is 0 Å². The first-order valence-corrected chi connectivity index (χ1v) is 7.29. The fourth-order valence-corrected chi connectivity index (χ4v) is 2.96. The molecule has 0 spiro atoms. The molecule has 0 aromatic carbocycles. The van der Waals surface area contributed by atoms with Crippen LogP contribution in [0.15, 0.2) is 12.3 Å². The number of hydrogen-bond donors (Lipinski definition) is 3. The summed E-state index contributed by atoms with van der Waals surface area (Å²) in [6.07, 6.45) is 7.76. The number of carboxylic acid groups (broad SMARTS) is 1. The number of rotatable bonds is 5. The van der Waals surface area contributed by atoms with Gasteiger partial charge in [0.05, 0.1) is 11.3 Å². The predicted molar refractivity (Wildman–Crippen MR) is 79.8 cm³/mol. The van der Waals surface area contributed by atoms with Crippen LogP contribution in [-0.4, -0.2) is 22.6 Å². The van der Waals surface area contributed by atoms with Gasteiger partial charge in [-0.05, 0) is 30.7 Å². The van der Waals surface area contributed by atoms with Crippen molar-refractivity contribution in [2.24, 2.45) is 11.8 Å². The molecule has 1 aromatic rings. The SMILES string of the molecule is CC1CCCC(CCNc2ncc(C(=O)O)cc2N)C1. The van der Waals surface area contributed by atoms with E-state index in [1.165, 1.54) is 37.9 Å². The highest BCUT2D eigenvalue weighted by molar-refractivity contribution is 5.89. The number of nitrogens with one attached hydrogen (secondary N) is 1. The van der Waals surface area contributed by atoms with E-state index in [4.69, 9.17) is 10.8 Å². The van der Waals surface area contributed by atoms with Gasteiger partial charge in [-0.3, -0.25) is 0 Å². The van der Waals surface area contributed by atoms with Gasteiger partial charge in [-0.2, -0.15) is 0 Å². The number of anilines is 2. The molecular weight excluding hydrogens is 254 g/mol. The van der Waals surface area contributed by atoms with Crippen LogP contribution < -0.4 is 11.1 Å². The lowest BCUT2D eigenvalue weighted by Gasteiger charge is -2.26. The van der Waals surface area contributed by atoms with Crippen molar-refractivity contribution in [2.75, 3.05) is 17.6 Å². The molecule has 2 rings (SSSR count). The van der Waals surface area contributed by atoms with E-state index in [0.29, 0.717) is 11.5 Å². The van der Waals surface area contributed by atoms with Crippen molar-refractivity contribution in [2.45, 2.75) is 39.0 Å². The van der Waals surface area contributed by atoms with Crippen LogP contribution in [-0.2, 0) is 0 Å². The maximum Gasteiger partial charge on any atom is 0.337 e. The van der Waals surface area contributed by atoms with E-state index in [0.717, 1.165) is 24.8 Å². The lowest BCUT2D eigenvalue weighted by Crippen LogP contribution is -2.17. The molecule has 0 bridgehead atoms. The van der Waals surface area contributed by atoms with Gasteiger partial charge >= 0.3 is 5.97 Å². The fraction of sp³-hybridized carbons (Fsp3) is 0.600. The van der Waals surface area contributed by atoms with Crippen LogP contribution in [0.5, 0.6) is 0 Å². The van der Waals surface area contributed by atoms with Gasteiger partial charge < -0.3 is 16.2 Å². The molecule has 0 radical (unpaired) electrons. The Morgan fingerprint density at radius 3 is 3.00 bits per heavy atom. The Morgan fingerprint density at radius 2 is 2.35 bits per heavy atom. The van der Waals surface area contributed by atoms with E-state index in [1.54, 1.807) is 0 Å². The zero-order valence-electron chi connectivity index (χ0n) is 11.9. The zero-order valence-corrected chi connectivity index (χ0v) is 11.9. The van der Waals surface area contributed by atoms with Crippen molar-refractivity contribution in [3.05, 3.63) is 17.8 Å². The number of nitrogens with two attached hydrogens (primary N) is 1. The Hall–Kier alpha value is -1.78. The zero-order chi connectivity index (χ0) is 14.5. The summed E-state index contributed by atoms with van der Waals surface area (Å²) in [5.74, 6) is 1.20. The summed E-state index contributed by atoms with van der Waals surface area (Å²) in [6.45, 7) is 3.16. The standard InChI is InChI=1S/C15H23N3O2/c1-10-3-2-4-11(7-10)5-6-17-14-13(16)8-12(9-18-14)15(19)20/h8-11H,2-7,16H2,1H3,(H,17,18)(H,19,20). The minimum Gasteiger partial charge on any atom is -0.478 e. The molecule has 20 heavy (non-hydrogen) atoms. The summed E-state index contributed by atoms with van der Waals surface area (Å²) in [4.78, 5) is 14.9. The van der Waals surface area contributed by atoms with E-state index < -0.39 is 5.97 Å². The molecule has 1 fully saturated rings. The number of hydrogen-bond acceptors (Lipinski definition) is 4. The van der Waals surface area contributed by atoms with E-state index in [-0.39, 0.29) is 5.56 Å². The van der Waals surface area contributed by atoms with Crippen LogP contribution in [0.2, 0.25) is 0 Å². The fourth-order valence-electron chi connectivity index (χ4n) is 2.96. The number of carbonyl (C=O) groups is 1. The van der Waals surface area contributed by atoms with Crippen LogP contribution in [0.1, 0.15) is 49.4 Å². The third-order valence-electron chi connectivity index (χ3n) is 4.05. The first-order chi connectivity index (χ1) is 9.56. The highest BCUT2D eigenvalue weighted by Gasteiger charge is 2.18. The number of pyridine rings is 1. The molecule has 5 nitrogen and oxygen atoms in total. The van der Waals surface area contributed by atoms with Crippen molar-refractivity contribution in [3.8, 4) is 0 Å². The molecule has 0 saturated heterocycles. The van der Waals surface area contributed by atoms with E-state index in [2.05, 4.69) is 17.2 Å². The molecule has 1 saturated carbocycles. The van der Waals surface area contributed by atoms with Gasteiger partial charge in [0.1, 0.15) is 5.82 Å². The summed E-state index contributed by atoms with van der Waals surface area (Å²) in [5.41, 5.74) is 6.32. The largest absolute Gasteiger partial charge is 0.478 e. The molecule has 5 heteroatoms. The van der Waals surface area contributed by atoms with Crippen molar-refractivity contribution >= 4 is 17.5 Å². The van der Waals surface area contributed by atoms with Gasteiger partial charge in [0, 0.05) is 12.7 Å². The van der Waals surface area contributed by atoms with Crippen LogP contribution >= 0.6 is 0 Å². The molecule has 1 aromatic heterocycles. The number of aromatic carboxylic acids is 1. The molecule has 0 aliphatic heterocycles. The third-order valence-corrected chi connectivity index (χ3v) is 4.05. The number of nitrogen functional groups attached to an aromatic ring is 1. The van der Waals surface area contributed by atoms with E-state index in [1.807, 2.05) is 0 Å². The van der Waals surface area contributed by atoms with Gasteiger partial charge in [0.15, 0.2) is 0 Å². The molecular formula is C15H23N3O2. The van der Waals surface area contributed by atoms with Crippen molar-refractivity contribution in [3.63, 3.8) is 0 Å². The van der Waals surface area contributed by atoms with E-state index >= 15 is 0 Å². The normalized spacial score (nSPS) is 22.4. The van der Waals surface area contributed by atoms with E-state index in [9.17, 15) is 4.79 Å². The second-order valence-electron chi connectivity index (χ2n) is 5.82. The Balaban J connectivity index is 1.83. The summed E-state index contributed by atoms with van der Waals surface area (Å²) in [6, 6.07) is 1.44. The summed E-state index contributed by atoms with van der Waals surface area (Å²) < 4.78 is 0. The lowest BCUT2D eigenvalue weighted by atomic mass is 9.81. The molecule has 1 aliphatic rings. The first-order valence-electron chi connectivity index (χ1n) is 7.29. The molecule has 110 valence electrons. The highest BCUT2D eigenvalue weighted by atomic mass is 16.4. The van der Waals surface area contributed by atoms with Crippen LogP contribution in [0, 0.1) is 11.8 Å². The van der Waals surface area contributed by atoms with Gasteiger partial charge in [-0.15, -0.1) is 0 Å². The van der Waals surface area contributed by atoms with Crippen molar-refractivity contribution < 1.29 is 9.90 Å². The summed E-state index contributed by atoms with van der Waals surface area (Å²) >= 11 is 0. The van der Waals surface area contributed by atoms with Gasteiger partial charge in [0.2, 0.25) is 0 Å². The Bertz CT molecular complexity index is 476. The Kier molecular flexibility index (Phi) is 4.82. The summed E-state index contributed by atoms with van der Waals surface area (Å²) in [5, 5.41) is 12.1. The maximum absolute atomic E-state index is 10.8. The molecule has 2 unspecified atom stereocenters. The summed E-state index contributed by atoms with van der Waals surface area (Å²) in [7, 11) is 0. The van der Waals surface area contributed by atoms with Crippen LogP contribution in [0.4, 0.5) is 11.5 Å². The highest BCUT2D eigenvalue weighted by Crippen LogP contribution is 2.30. The molecule has 1 heterocycles. The lowest BCUT2D eigenvalue weighted by molar-refractivity contribution is 0.0696. The maximum atomic E-state index is 10.8. The van der Waals surface area contributed by atoms with Gasteiger partial charge in [-0.1, -0.05) is 26.2 Å². The van der Waals surface area contributed by atoms with Gasteiger partial charge in [0.25, 0.3) is 0 Å². The minimum atomic E-state index is -1.01. The van der Waals surface area contributed by atoms with Gasteiger partial charge in [-0.25, -0.2) is 9.78 Å². The second-order valence-corrected chi connectivity index (χ2v) is 5.82. The quantitative estimate of drug-likeness (QED) is 0.770. The third kappa shape index (κ3) is 3.85. The van der Waals surface area contributed by atoms with Crippen molar-refractivity contribution in [1.29, 1.82) is 0 Å². The smallest absolute Gasteiger partial charge is 0.337 e. The minimum absolute atomic E-state index is 0.120. The molecule has 4 N–H and O–H groups in total. The molecule has 2 atom stereocenters. The number of aromatic nitrogens is 1. The van der Waals surface area contributed by atoms with Crippen LogP contribution in [0.25, 0.3) is 0 Å². The predicted octanol–water partition coefficient (Wildman–Crippen LogP) is 2.99. The monoisotopic (exact) mass is 277 g/mol. The Morgan fingerprint density at radius 1 is 1.55 bits per heavy atom. The average molecular weight is 277 g/mol. The average Bonchev–Trinajstić information content (AvgIpc) is 2.40. The molecule has 0 amide bonds. The Labute approximate surface area is 119 Å². The second kappa shape index (κ2) is 6.59. The topological polar surface area (TPSA) is 88.2 Å². The number of carboxylic acids is 1. The number of nitrogens with zero attached hydrogens (tertiary/aromatic N) is 1. The molecule has 1 aliphatic carbocycles.